The van der Waals surface area contributed by atoms with Gasteiger partial charge in [0.1, 0.15) is 5.84 Å². The third-order valence-corrected chi connectivity index (χ3v) is 2.83. The zero-order valence-corrected chi connectivity index (χ0v) is 9.28. The van der Waals surface area contributed by atoms with Crippen LogP contribution in [0.15, 0.2) is 52.4 Å². The second kappa shape index (κ2) is 4.81. The predicted octanol–water partition coefficient (Wildman–Crippen LogP) is 2.81. The maximum Gasteiger partial charge on any atom is 0.311 e. The van der Waals surface area contributed by atoms with E-state index >= 15 is 0 Å². The van der Waals surface area contributed by atoms with Gasteiger partial charge in [0.25, 0.3) is 0 Å². The largest absolute Gasteiger partial charge is 0.383 e. The highest BCUT2D eigenvalue weighted by molar-refractivity contribution is 8.18. The van der Waals surface area contributed by atoms with Crippen LogP contribution in [0.3, 0.4) is 0 Å². The Hall–Kier alpha value is -1.81. The van der Waals surface area contributed by atoms with Crippen molar-refractivity contribution in [1.82, 2.24) is 0 Å². The molecule has 0 aromatic heterocycles. The van der Waals surface area contributed by atoms with Crippen molar-refractivity contribution in [2.75, 3.05) is 0 Å². The van der Waals surface area contributed by atoms with Crippen LogP contribution < -0.4 is 5.73 Å². The molecular weight excluding hydrogens is 220 g/mol. The molecule has 1 aliphatic rings. The summed E-state index contributed by atoms with van der Waals surface area (Å²) in [5.74, 6) is 0.299. The van der Waals surface area contributed by atoms with Crippen molar-refractivity contribution in [3.8, 4) is 0 Å². The average molecular weight is 230 g/mol. The molecule has 0 aliphatic carbocycles. The van der Waals surface area contributed by atoms with Crippen LogP contribution in [0.1, 0.15) is 5.56 Å². The van der Waals surface area contributed by atoms with E-state index in [0.29, 0.717) is 10.7 Å². The zero-order chi connectivity index (χ0) is 11.4. The predicted molar refractivity (Wildman–Crippen MR) is 68.2 cm³/mol. The lowest BCUT2D eigenvalue weighted by Crippen LogP contribution is -2.08. The van der Waals surface area contributed by atoms with Gasteiger partial charge < -0.3 is 5.73 Å². The molecule has 4 heteroatoms. The number of carbonyl (C=O) groups excluding carboxylic acids is 1. The topological polar surface area (TPSA) is 55.4 Å². The van der Waals surface area contributed by atoms with Gasteiger partial charge in [0.15, 0.2) is 0 Å². The molecule has 2 rings (SSSR count). The van der Waals surface area contributed by atoms with E-state index in [0.717, 1.165) is 17.3 Å². The first kappa shape index (κ1) is 10.7. The molecule has 0 fully saturated rings. The Labute approximate surface area is 97.8 Å². The van der Waals surface area contributed by atoms with E-state index in [1.165, 1.54) is 0 Å². The van der Waals surface area contributed by atoms with Crippen molar-refractivity contribution in [2.24, 2.45) is 10.7 Å². The Morgan fingerprint density at radius 2 is 2.00 bits per heavy atom. The number of benzene rings is 1. The number of aliphatic imine (C=N–C) groups is 1. The average Bonchev–Trinajstić information content (AvgIpc) is 2.59. The van der Waals surface area contributed by atoms with Crippen LogP contribution >= 0.6 is 11.8 Å². The van der Waals surface area contributed by atoms with Crippen LogP contribution in [0.5, 0.6) is 0 Å². The Balaban J connectivity index is 2.08. The molecule has 80 valence electrons. The molecule has 1 aromatic carbocycles. The van der Waals surface area contributed by atoms with Gasteiger partial charge in [0.05, 0.1) is 4.91 Å². The van der Waals surface area contributed by atoms with E-state index in [-0.39, 0.29) is 5.24 Å². The van der Waals surface area contributed by atoms with Gasteiger partial charge >= 0.3 is 5.24 Å². The lowest BCUT2D eigenvalue weighted by atomic mass is 10.2. The fourth-order valence-corrected chi connectivity index (χ4v) is 1.88. The standard InChI is InChI=1S/C12H10N2OS/c13-11-10(16-12(15)14-11)8-4-7-9-5-2-1-3-6-9/h1-8H,(H2,13,14,15). The molecule has 0 saturated carbocycles. The summed E-state index contributed by atoms with van der Waals surface area (Å²) < 4.78 is 0. The summed E-state index contributed by atoms with van der Waals surface area (Å²) in [4.78, 5) is 15.2. The van der Waals surface area contributed by atoms with Gasteiger partial charge in [-0.15, -0.1) is 0 Å². The highest BCUT2D eigenvalue weighted by Crippen LogP contribution is 2.24. The summed E-state index contributed by atoms with van der Waals surface area (Å²) in [6.45, 7) is 0. The fraction of sp³-hybridized carbons (Fsp3) is 0. The summed E-state index contributed by atoms with van der Waals surface area (Å²) in [5.41, 5.74) is 6.66. The second-order valence-corrected chi connectivity index (χ2v) is 4.16. The Morgan fingerprint density at radius 1 is 1.25 bits per heavy atom. The van der Waals surface area contributed by atoms with Gasteiger partial charge in [-0.3, -0.25) is 4.79 Å². The number of amides is 1. The zero-order valence-electron chi connectivity index (χ0n) is 8.46. The highest BCUT2D eigenvalue weighted by Gasteiger charge is 2.17. The summed E-state index contributed by atoms with van der Waals surface area (Å²) in [7, 11) is 0. The number of amidine groups is 1. The molecular formula is C12H10N2OS. The number of hydrogen-bond acceptors (Lipinski definition) is 3. The number of nitrogens with two attached hydrogens (primary N) is 1. The molecule has 0 radical (unpaired) electrons. The third-order valence-electron chi connectivity index (χ3n) is 2.00. The molecule has 1 aliphatic heterocycles. The minimum Gasteiger partial charge on any atom is -0.383 e. The van der Waals surface area contributed by atoms with Gasteiger partial charge in [-0.05, 0) is 23.4 Å². The van der Waals surface area contributed by atoms with Crippen molar-refractivity contribution in [2.45, 2.75) is 0 Å². The van der Waals surface area contributed by atoms with Crippen molar-refractivity contribution in [3.05, 3.63) is 53.0 Å². The maximum absolute atomic E-state index is 10.9. The van der Waals surface area contributed by atoms with Crippen molar-refractivity contribution in [3.63, 3.8) is 0 Å². The molecule has 0 saturated heterocycles. The van der Waals surface area contributed by atoms with Crippen LogP contribution in [-0.4, -0.2) is 11.1 Å². The SMILES string of the molecule is NC1=NC(=O)SC1=CC=Cc1ccccc1. The minimum atomic E-state index is -0.253. The number of hydrogen-bond donors (Lipinski definition) is 1. The van der Waals surface area contributed by atoms with E-state index in [4.69, 9.17) is 5.73 Å². The number of carbonyl (C=O) groups is 1. The summed E-state index contributed by atoms with van der Waals surface area (Å²) >= 11 is 1.05. The molecule has 3 nitrogen and oxygen atoms in total. The molecule has 0 bridgehead atoms. The first-order chi connectivity index (χ1) is 7.75. The van der Waals surface area contributed by atoms with Crippen LogP contribution in [0.4, 0.5) is 4.79 Å². The van der Waals surface area contributed by atoms with Crippen LogP contribution in [0.25, 0.3) is 6.08 Å². The van der Waals surface area contributed by atoms with Gasteiger partial charge in [0, 0.05) is 0 Å². The van der Waals surface area contributed by atoms with Gasteiger partial charge in [0.2, 0.25) is 0 Å². The van der Waals surface area contributed by atoms with Crippen molar-refractivity contribution < 1.29 is 4.79 Å². The van der Waals surface area contributed by atoms with Crippen LogP contribution in [-0.2, 0) is 0 Å². The first-order valence-corrected chi connectivity index (χ1v) is 5.57. The van der Waals surface area contributed by atoms with Crippen molar-refractivity contribution in [1.29, 1.82) is 0 Å². The van der Waals surface area contributed by atoms with Gasteiger partial charge in [-0.1, -0.05) is 42.5 Å². The van der Waals surface area contributed by atoms with Crippen LogP contribution in [0, 0.1) is 0 Å². The summed E-state index contributed by atoms with van der Waals surface area (Å²) in [6.07, 6.45) is 5.60. The molecule has 16 heavy (non-hydrogen) atoms. The smallest absolute Gasteiger partial charge is 0.311 e. The van der Waals surface area contributed by atoms with E-state index in [2.05, 4.69) is 4.99 Å². The lowest BCUT2D eigenvalue weighted by Gasteiger charge is -1.91. The molecule has 0 atom stereocenters. The molecule has 1 amide bonds. The maximum atomic E-state index is 10.9. The summed E-state index contributed by atoms with van der Waals surface area (Å²) in [5, 5.41) is -0.253. The number of thioether (sulfide) groups is 1. The van der Waals surface area contributed by atoms with Crippen LogP contribution in [0.2, 0.25) is 0 Å². The van der Waals surface area contributed by atoms with Gasteiger partial charge in [-0.25, -0.2) is 0 Å². The summed E-state index contributed by atoms with van der Waals surface area (Å²) in [6, 6.07) is 9.90. The fourth-order valence-electron chi connectivity index (χ4n) is 1.25. The molecule has 0 spiro atoms. The Bertz CT molecular complexity index is 489. The monoisotopic (exact) mass is 230 g/mol. The highest BCUT2D eigenvalue weighted by atomic mass is 32.2. The quantitative estimate of drug-likeness (QED) is 0.850. The first-order valence-electron chi connectivity index (χ1n) is 4.75. The lowest BCUT2D eigenvalue weighted by molar-refractivity contribution is 0.268. The van der Waals surface area contributed by atoms with E-state index in [9.17, 15) is 4.79 Å². The number of rotatable bonds is 2. The number of allylic oxidation sites excluding steroid dienone is 2. The molecule has 1 heterocycles. The third kappa shape index (κ3) is 2.61. The normalized spacial score (nSPS) is 18.4. The molecule has 2 N–H and O–H groups in total. The minimum absolute atomic E-state index is 0.253. The molecule has 1 aromatic rings. The van der Waals surface area contributed by atoms with Gasteiger partial charge in [-0.2, -0.15) is 4.99 Å². The number of nitrogens with zero attached hydrogens (tertiary/aromatic N) is 1. The Morgan fingerprint density at radius 3 is 2.62 bits per heavy atom. The van der Waals surface area contributed by atoms with E-state index < -0.39 is 0 Å². The Kier molecular flexibility index (Phi) is 3.22. The van der Waals surface area contributed by atoms with Crippen molar-refractivity contribution >= 4 is 28.9 Å². The van der Waals surface area contributed by atoms with E-state index in [1.807, 2.05) is 42.5 Å². The van der Waals surface area contributed by atoms with E-state index in [1.54, 1.807) is 6.08 Å². The molecule has 0 unspecified atom stereocenters. The second-order valence-electron chi connectivity index (χ2n) is 3.17.